The zero-order chi connectivity index (χ0) is 24.2. The standard InChI is InChI=1S/C33H50O/c1-5-7-9-11-13-15-17-19-27-21-23-31-29(25-27)33(3,4)30-26-28(22-24-32(30)34-31)20-18-16-14-12-10-8-6-2/h21-26H,5-20H2,1-4H3. The second-order valence-electron chi connectivity index (χ2n) is 11.1. The Hall–Kier alpha value is -1.76. The van der Waals surface area contributed by atoms with Crippen LogP contribution in [0.25, 0.3) is 0 Å². The lowest BCUT2D eigenvalue weighted by Gasteiger charge is -2.35. The van der Waals surface area contributed by atoms with Crippen LogP contribution in [0.15, 0.2) is 36.4 Å². The predicted octanol–water partition coefficient (Wildman–Crippen LogP) is 10.7. The monoisotopic (exact) mass is 462 g/mol. The Morgan fingerprint density at radius 2 is 0.912 bits per heavy atom. The van der Waals surface area contributed by atoms with Crippen molar-refractivity contribution in [2.75, 3.05) is 0 Å². The highest BCUT2D eigenvalue weighted by Gasteiger charge is 2.34. The number of hydrogen-bond donors (Lipinski definition) is 0. The van der Waals surface area contributed by atoms with Crippen molar-refractivity contribution in [1.82, 2.24) is 0 Å². The molecule has 0 radical (unpaired) electrons. The minimum absolute atomic E-state index is 0.0186. The Bertz CT molecular complexity index is 793. The number of unbranched alkanes of at least 4 members (excludes halogenated alkanes) is 12. The summed E-state index contributed by atoms with van der Waals surface area (Å²) in [5, 5.41) is 0. The molecular weight excluding hydrogens is 412 g/mol. The summed E-state index contributed by atoms with van der Waals surface area (Å²) in [5.74, 6) is 2.08. The van der Waals surface area contributed by atoms with Crippen LogP contribution in [0.1, 0.15) is 140 Å². The van der Waals surface area contributed by atoms with Gasteiger partial charge in [0.1, 0.15) is 11.5 Å². The minimum atomic E-state index is -0.0186. The fraction of sp³-hybridized carbons (Fsp3) is 0.636. The van der Waals surface area contributed by atoms with Gasteiger partial charge < -0.3 is 4.74 Å². The van der Waals surface area contributed by atoms with Crippen LogP contribution in [0, 0.1) is 0 Å². The lowest BCUT2D eigenvalue weighted by Crippen LogP contribution is -2.24. The molecule has 0 atom stereocenters. The van der Waals surface area contributed by atoms with Gasteiger partial charge in [0, 0.05) is 16.5 Å². The van der Waals surface area contributed by atoms with Gasteiger partial charge in [-0.05, 0) is 48.9 Å². The molecule has 0 bridgehead atoms. The molecule has 0 N–H and O–H groups in total. The van der Waals surface area contributed by atoms with Crippen LogP contribution in [0.2, 0.25) is 0 Å². The third-order valence-corrected chi connectivity index (χ3v) is 7.79. The summed E-state index contributed by atoms with van der Waals surface area (Å²) < 4.78 is 6.38. The van der Waals surface area contributed by atoms with Gasteiger partial charge in [-0.25, -0.2) is 0 Å². The smallest absolute Gasteiger partial charge is 0.131 e. The Labute approximate surface area is 210 Å². The van der Waals surface area contributed by atoms with Gasteiger partial charge >= 0.3 is 0 Å². The van der Waals surface area contributed by atoms with Crippen LogP contribution in [-0.2, 0) is 18.3 Å². The summed E-state index contributed by atoms with van der Waals surface area (Å²) in [4.78, 5) is 0. The van der Waals surface area contributed by atoms with Crippen LogP contribution >= 0.6 is 0 Å². The second-order valence-corrected chi connectivity index (χ2v) is 11.1. The molecule has 3 rings (SSSR count). The summed E-state index contributed by atoms with van der Waals surface area (Å²) in [6.45, 7) is 9.33. The first kappa shape index (κ1) is 26.8. The maximum absolute atomic E-state index is 6.38. The van der Waals surface area contributed by atoms with Crippen molar-refractivity contribution in [2.24, 2.45) is 0 Å². The van der Waals surface area contributed by atoms with E-state index in [1.54, 1.807) is 0 Å². The molecule has 34 heavy (non-hydrogen) atoms. The first-order chi connectivity index (χ1) is 16.6. The lowest BCUT2D eigenvalue weighted by molar-refractivity contribution is 0.417. The van der Waals surface area contributed by atoms with Gasteiger partial charge in [-0.2, -0.15) is 0 Å². The van der Waals surface area contributed by atoms with E-state index in [1.807, 2.05) is 0 Å². The van der Waals surface area contributed by atoms with Crippen LogP contribution in [0.4, 0.5) is 0 Å². The first-order valence-electron chi connectivity index (χ1n) is 14.5. The molecule has 1 aliphatic rings. The van der Waals surface area contributed by atoms with Crippen LogP contribution in [-0.4, -0.2) is 0 Å². The highest BCUT2D eigenvalue weighted by atomic mass is 16.5. The summed E-state index contributed by atoms with van der Waals surface area (Å²) in [6.07, 6.45) is 21.5. The van der Waals surface area contributed by atoms with E-state index < -0.39 is 0 Å². The average Bonchev–Trinajstić information content (AvgIpc) is 2.83. The number of fused-ring (bicyclic) bond motifs is 2. The van der Waals surface area contributed by atoms with E-state index in [0.717, 1.165) is 11.5 Å². The van der Waals surface area contributed by atoms with Gasteiger partial charge in [0.2, 0.25) is 0 Å². The van der Waals surface area contributed by atoms with Gasteiger partial charge in [0.05, 0.1) is 0 Å². The van der Waals surface area contributed by atoms with Gasteiger partial charge in [0.15, 0.2) is 0 Å². The molecule has 2 aromatic rings. The fourth-order valence-electron chi connectivity index (χ4n) is 5.46. The van der Waals surface area contributed by atoms with E-state index in [9.17, 15) is 0 Å². The van der Waals surface area contributed by atoms with Gasteiger partial charge in [-0.15, -0.1) is 0 Å². The molecule has 0 aliphatic carbocycles. The van der Waals surface area contributed by atoms with Crippen LogP contribution in [0.3, 0.4) is 0 Å². The van der Waals surface area contributed by atoms with Crippen molar-refractivity contribution in [3.05, 3.63) is 58.7 Å². The van der Waals surface area contributed by atoms with E-state index in [1.165, 1.54) is 125 Å². The molecule has 0 fully saturated rings. The maximum atomic E-state index is 6.38. The van der Waals surface area contributed by atoms with E-state index in [0.29, 0.717) is 0 Å². The zero-order valence-corrected chi connectivity index (χ0v) is 22.7. The Balaban J connectivity index is 1.56. The SMILES string of the molecule is CCCCCCCCCc1ccc2c(c1)C(C)(C)c1cc(CCCCCCCCC)ccc1O2. The molecular formula is C33H50O. The Kier molecular flexibility index (Phi) is 11.0. The number of aryl methyl sites for hydroxylation is 2. The summed E-state index contributed by atoms with van der Waals surface area (Å²) in [7, 11) is 0. The van der Waals surface area contributed by atoms with Gasteiger partial charge in [0.25, 0.3) is 0 Å². The summed E-state index contributed by atoms with van der Waals surface area (Å²) in [6, 6.07) is 13.8. The van der Waals surface area contributed by atoms with E-state index >= 15 is 0 Å². The molecule has 1 heterocycles. The highest BCUT2D eigenvalue weighted by Crippen LogP contribution is 2.48. The number of ether oxygens (including phenoxy) is 1. The number of rotatable bonds is 16. The first-order valence-corrected chi connectivity index (χ1v) is 14.5. The van der Waals surface area contributed by atoms with Crippen LogP contribution < -0.4 is 4.74 Å². The third-order valence-electron chi connectivity index (χ3n) is 7.79. The van der Waals surface area contributed by atoms with E-state index in [4.69, 9.17) is 4.74 Å². The van der Waals surface area contributed by atoms with Crippen molar-refractivity contribution in [2.45, 2.75) is 136 Å². The molecule has 0 saturated heterocycles. The Morgan fingerprint density at radius 1 is 0.529 bits per heavy atom. The molecule has 0 unspecified atom stereocenters. The number of benzene rings is 2. The second kappa shape index (κ2) is 14.0. The molecule has 1 nitrogen and oxygen atoms in total. The highest BCUT2D eigenvalue weighted by molar-refractivity contribution is 5.58. The average molecular weight is 463 g/mol. The van der Waals surface area contributed by atoms with Gasteiger partial charge in [-0.1, -0.05) is 129 Å². The van der Waals surface area contributed by atoms with Crippen LogP contribution in [0.5, 0.6) is 11.5 Å². The zero-order valence-electron chi connectivity index (χ0n) is 22.7. The van der Waals surface area contributed by atoms with Gasteiger partial charge in [-0.3, -0.25) is 0 Å². The molecule has 1 heteroatoms. The normalized spacial score (nSPS) is 13.9. The topological polar surface area (TPSA) is 9.23 Å². The fourth-order valence-corrected chi connectivity index (χ4v) is 5.46. The lowest BCUT2D eigenvalue weighted by atomic mass is 9.74. The van der Waals surface area contributed by atoms with Crippen molar-refractivity contribution >= 4 is 0 Å². The third kappa shape index (κ3) is 7.62. The molecule has 0 saturated carbocycles. The van der Waals surface area contributed by atoms with Crippen molar-refractivity contribution in [1.29, 1.82) is 0 Å². The molecule has 0 aromatic heterocycles. The molecule has 188 valence electrons. The Morgan fingerprint density at radius 3 is 1.32 bits per heavy atom. The minimum Gasteiger partial charge on any atom is -0.457 e. The molecule has 0 amide bonds. The van der Waals surface area contributed by atoms with Crippen molar-refractivity contribution in [3.63, 3.8) is 0 Å². The van der Waals surface area contributed by atoms with E-state index in [2.05, 4.69) is 64.1 Å². The summed E-state index contributed by atoms with van der Waals surface area (Å²) >= 11 is 0. The number of hydrogen-bond acceptors (Lipinski definition) is 1. The van der Waals surface area contributed by atoms with Crippen molar-refractivity contribution in [3.8, 4) is 11.5 Å². The summed E-state index contributed by atoms with van der Waals surface area (Å²) in [5.41, 5.74) is 5.62. The molecule has 0 spiro atoms. The molecule has 2 aromatic carbocycles. The predicted molar refractivity (Wildman–Crippen MR) is 148 cm³/mol. The quantitative estimate of drug-likeness (QED) is 0.225. The maximum Gasteiger partial charge on any atom is 0.131 e. The molecule has 1 aliphatic heterocycles. The largest absolute Gasteiger partial charge is 0.457 e. The van der Waals surface area contributed by atoms with Crippen molar-refractivity contribution < 1.29 is 4.74 Å². The van der Waals surface area contributed by atoms with E-state index in [-0.39, 0.29) is 5.41 Å².